The van der Waals surface area contributed by atoms with Crippen LogP contribution in [0.1, 0.15) is 30.5 Å². The van der Waals surface area contributed by atoms with Gasteiger partial charge in [0.1, 0.15) is 0 Å². The molecule has 31 heavy (non-hydrogen) atoms. The molecule has 0 aliphatic heterocycles. The molecule has 5 nitrogen and oxygen atoms in total. The molecular formula is C22H18F4N2O3. The number of fused-ring (bicyclic) bond motifs is 2. The molecule has 9 heteroatoms. The minimum atomic E-state index is -5.05. The van der Waals surface area contributed by atoms with Crippen LogP contribution in [0.15, 0.2) is 53.3 Å². The number of phenolic OH excluding ortho intramolecular Hbond substituents is 1. The first kappa shape index (κ1) is 20.9. The third-order valence-electron chi connectivity index (χ3n) is 5.62. The molecule has 3 aromatic rings. The summed E-state index contributed by atoms with van der Waals surface area (Å²) in [6.07, 6.45) is -4.44. The van der Waals surface area contributed by atoms with Gasteiger partial charge in [-0.1, -0.05) is 12.1 Å². The summed E-state index contributed by atoms with van der Waals surface area (Å²) < 4.78 is 56.6. The van der Waals surface area contributed by atoms with Crippen LogP contribution in [0.3, 0.4) is 0 Å². The first-order valence-corrected chi connectivity index (χ1v) is 9.41. The van der Waals surface area contributed by atoms with Crippen LogP contribution < -0.4 is 10.9 Å². The van der Waals surface area contributed by atoms with Crippen LogP contribution in [0.2, 0.25) is 0 Å². The molecule has 4 rings (SSSR count). The van der Waals surface area contributed by atoms with E-state index in [1.54, 1.807) is 6.07 Å². The number of aliphatic hydroxyl groups is 1. The van der Waals surface area contributed by atoms with Gasteiger partial charge in [0.15, 0.2) is 17.2 Å². The summed E-state index contributed by atoms with van der Waals surface area (Å²) in [6.45, 7) is 1.51. The van der Waals surface area contributed by atoms with Crippen LogP contribution >= 0.6 is 0 Å². The van der Waals surface area contributed by atoms with Crippen molar-refractivity contribution in [2.45, 2.75) is 31.2 Å². The van der Waals surface area contributed by atoms with E-state index < -0.39 is 35.8 Å². The molecule has 0 saturated carbocycles. The minimum Gasteiger partial charge on any atom is -0.505 e. The molecule has 0 amide bonds. The van der Waals surface area contributed by atoms with E-state index in [-0.39, 0.29) is 27.9 Å². The van der Waals surface area contributed by atoms with Crippen molar-refractivity contribution < 1.29 is 27.8 Å². The van der Waals surface area contributed by atoms with E-state index in [1.165, 1.54) is 37.3 Å². The highest BCUT2D eigenvalue weighted by Gasteiger charge is 2.61. The molecule has 4 N–H and O–H groups in total. The highest BCUT2D eigenvalue weighted by Crippen LogP contribution is 2.53. The van der Waals surface area contributed by atoms with E-state index in [2.05, 4.69) is 10.3 Å². The smallest absolute Gasteiger partial charge is 0.419 e. The Morgan fingerprint density at radius 2 is 1.97 bits per heavy atom. The van der Waals surface area contributed by atoms with E-state index in [0.717, 1.165) is 12.1 Å². The van der Waals surface area contributed by atoms with Crippen LogP contribution in [-0.4, -0.2) is 27.0 Å². The van der Waals surface area contributed by atoms with E-state index in [0.29, 0.717) is 10.9 Å². The van der Waals surface area contributed by atoms with Gasteiger partial charge in [-0.3, -0.25) is 4.79 Å². The summed E-state index contributed by atoms with van der Waals surface area (Å²) in [5.41, 5.74) is -2.84. The van der Waals surface area contributed by atoms with Crippen molar-refractivity contribution in [3.63, 3.8) is 0 Å². The summed E-state index contributed by atoms with van der Waals surface area (Å²) in [5, 5.41) is 23.8. The number of rotatable bonds is 2. The number of aromatic hydroxyl groups is 1. The highest BCUT2D eigenvalue weighted by molar-refractivity contribution is 5.91. The molecule has 1 heterocycles. The topological polar surface area (TPSA) is 85.4 Å². The molecule has 162 valence electrons. The predicted octanol–water partition coefficient (Wildman–Crippen LogP) is 4.63. The van der Waals surface area contributed by atoms with Crippen molar-refractivity contribution in [3.05, 3.63) is 75.8 Å². The Morgan fingerprint density at radius 1 is 1.23 bits per heavy atom. The number of aromatic nitrogens is 1. The number of H-pyrrole nitrogens is 1. The summed E-state index contributed by atoms with van der Waals surface area (Å²) in [5.74, 6) is -1.80. The third kappa shape index (κ3) is 3.34. The lowest BCUT2D eigenvalue weighted by atomic mass is 9.72. The van der Waals surface area contributed by atoms with Crippen molar-refractivity contribution in [1.82, 2.24) is 4.98 Å². The Labute approximate surface area is 173 Å². The molecule has 1 aliphatic rings. The molecule has 2 atom stereocenters. The van der Waals surface area contributed by atoms with Gasteiger partial charge in [0.2, 0.25) is 5.56 Å². The first-order chi connectivity index (χ1) is 14.5. The summed E-state index contributed by atoms with van der Waals surface area (Å²) in [4.78, 5) is 14.2. The fourth-order valence-electron chi connectivity index (χ4n) is 4.03. The lowest BCUT2D eigenvalue weighted by molar-refractivity contribution is -0.265. The van der Waals surface area contributed by atoms with E-state index in [4.69, 9.17) is 0 Å². The van der Waals surface area contributed by atoms with Crippen molar-refractivity contribution in [2.75, 3.05) is 5.32 Å². The number of benzene rings is 2. The number of hydrogen-bond donors (Lipinski definition) is 4. The molecule has 0 spiro atoms. The Kier molecular flexibility index (Phi) is 4.81. The van der Waals surface area contributed by atoms with Crippen LogP contribution in [0.5, 0.6) is 5.75 Å². The number of pyridine rings is 1. The summed E-state index contributed by atoms with van der Waals surface area (Å²) in [7, 11) is 0. The zero-order chi connectivity index (χ0) is 22.6. The van der Waals surface area contributed by atoms with E-state index in [1.807, 2.05) is 0 Å². The number of anilines is 1. The summed E-state index contributed by atoms with van der Waals surface area (Å²) >= 11 is 0. The van der Waals surface area contributed by atoms with Crippen molar-refractivity contribution in [2.24, 2.45) is 0 Å². The van der Waals surface area contributed by atoms with Crippen LogP contribution in [-0.2, 0) is 0 Å². The first-order valence-electron chi connectivity index (χ1n) is 9.41. The van der Waals surface area contributed by atoms with Gasteiger partial charge in [-0.05, 0) is 54.0 Å². The fraction of sp³-hybridized carbons (Fsp3) is 0.227. The molecule has 1 aliphatic carbocycles. The molecule has 0 bridgehead atoms. The van der Waals surface area contributed by atoms with Gasteiger partial charge < -0.3 is 20.5 Å². The Balaban J connectivity index is 1.96. The Hall–Kier alpha value is -3.33. The third-order valence-corrected chi connectivity index (χ3v) is 5.62. The molecule has 2 unspecified atom stereocenters. The van der Waals surface area contributed by atoms with E-state index >= 15 is 0 Å². The van der Waals surface area contributed by atoms with Crippen molar-refractivity contribution in [3.8, 4) is 5.75 Å². The minimum absolute atomic E-state index is 0.130. The number of halogens is 4. The molecule has 0 radical (unpaired) electrons. The second kappa shape index (κ2) is 7.12. The van der Waals surface area contributed by atoms with Crippen molar-refractivity contribution in [1.29, 1.82) is 0 Å². The maximum Gasteiger partial charge on any atom is 0.419 e. The zero-order valence-corrected chi connectivity index (χ0v) is 16.2. The molecule has 2 aromatic carbocycles. The maximum absolute atomic E-state index is 14.2. The van der Waals surface area contributed by atoms with Gasteiger partial charge in [-0.2, -0.15) is 13.2 Å². The molecule has 0 fully saturated rings. The van der Waals surface area contributed by atoms with Crippen molar-refractivity contribution >= 4 is 22.2 Å². The maximum atomic E-state index is 14.2. The Bertz CT molecular complexity index is 1270. The van der Waals surface area contributed by atoms with Gasteiger partial charge in [-0.15, -0.1) is 0 Å². The van der Waals surface area contributed by atoms with Gasteiger partial charge in [0, 0.05) is 23.6 Å². The average Bonchev–Trinajstić information content (AvgIpc) is 2.70. The number of phenols is 1. The number of allylic oxidation sites excluding steroid dienone is 1. The predicted molar refractivity (Wildman–Crippen MR) is 108 cm³/mol. The number of hydrogen-bond acceptors (Lipinski definition) is 4. The number of alkyl halides is 3. The second-order valence-corrected chi connectivity index (χ2v) is 7.47. The van der Waals surface area contributed by atoms with Crippen LogP contribution in [0.25, 0.3) is 16.5 Å². The van der Waals surface area contributed by atoms with Gasteiger partial charge in [0.25, 0.3) is 0 Å². The monoisotopic (exact) mass is 434 g/mol. The zero-order valence-electron chi connectivity index (χ0n) is 16.2. The molecule has 0 saturated heterocycles. The normalized spacial score (nSPS) is 22.5. The lowest BCUT2D eigenvalue weighted by Gasteiger charge is -2.44. The standard InChI is InChI=1S/C22H18F4N2O3/c1-2-11-10-21(31,22(24,25)26)20(14-8-15(23)18(29)9-13(11)14)28-17-5-3-4-16-12(17)6-7-19(30)27-16/h2-9,20,28-29,31H,10H2,1H3,(H,27,30)/b11-2+. The van der Waals surface area contributed by atoms with Gasteiger partial charge >= 0.3 is 6.18 Å². The number of nitrogens with one attached hydrogen (secondary N) is 2. The molecule has 1 aromatic heterocycles. The fourth-order valence-corrected chi connectivity index (χ4v) is 4.03. The highest BCUT2D eigenvalue weighted by atomic mass is 19.4. The summed E-state index contributed by atoms with van der Waals surface area (Å²) in [6, 6.07) is 7.38. The quantitative estimate of drug-likeness (QED) is 0.443. The van der Waals surface area contributed by atoms with E-state index in [9.17, 15) is 32.6 Å². The van der Waals surface area contributed by atoms with Crippen LogP contribution in [0.4, 0.5) is 23.2 Å². The average molecular weight is 434 g/mol. The van der Waals surface area contributed by atoms with Gasteiger partial charge in [0.05, 0.1) is 11.6 Å². The molecular weight excluding hydrogens is 416 g/mol. The second-order valence-electron chi connectivity index (χ2n) is 7.47. The largest absolute Gasteiger partial charge is 0.505 e. The SMILES string of the molecule is C/C=C1\CC(O)(C(F)(F)F)C(Nc2cccc3[nH]c(=O)ccc23)c2cc(F)c(O)cc21. The van der Waals surface area contributed by atoms with Crippen LogP contribution in [0, 0.1) is 5.82 Å². The number of aromatic amines is 1. The lowest BCUT2D eigenvalue weighted by Crippen LogP contribution is -2.54. The van der Waals surface area contributed by atoms with Gasteiger partial charge in [-0.25, -0.2) is 4.39 Å². The Morgan fingerprint density at radius 3 is 2.65 bits per heavy atom.